The maximum absolute atomic E-state index is 16.4. The van der Waals surface area contributed by atoms with Gasteiger partial charge in [0.05, 0.1) is 22.6 Å². The van der Waals surface area contributed by atoms with Gasteiger partial charge >= 0.3 is 0 Å². The van der Waals surface area contributed by atoms with Crippen molar-refractivity contribution in [2.24, 2.45) is 0 Å². The number of benzene rings is 2. The zero-order valence-electron chi connectivity index (χ0n) is 27.1. The highest BCUT2D eigenvalue weighted by Crippen LogP contribution is 2.40. The second-order valence-corrected chi connectivity index (χ2v) is 15.2. The van der Waals surface area contributed by atoms with Crippen LogP contribution in [0.3, 0.4) is 0 Å². The van der Waals surface area contributed by atoms with Crippen LogP contribution in [0.5, 0.6) is 5.75 Å². The van der Waals surface area contributed by atoms with E-state index in [1.54, 1.807) is 25.7 Å². The number of likely N-dealkylation sites (N-methyl/N-ethyl adjacent to an activating group) is 1. The number of anilines is 5. The van der Waals surface area contributed by atoms with Crippen molar-refractivity contribution in [1.29, 1.82) is 0 Å². The molecule has 0 amide bonds. The number of hydrogen-bond acceptors (Lipinski definition) is 10. The summed E-state index contributed by atoms with van der Waals surface area (Å²) in [5.41, 5.74) is 4.41. The molecule has 0 aliphatic carbocycles. The first kappa shape index (κ1) is 32.7. The normalized spacial score (nSPS) is 16.7. The summed E-state index contributed by atoms with van der Waals surface area (Å²) in [7, 11) is 3.25. The van der Waals surface area contributed by atoms with Gasteiger partial charge in [0.2, 0.25) is 5.95 Å². The summed E-state index contributed by atoms with van der Waals surface area (Å²) in [5, 5.41) is 7.70. The van der Waals surface area contributed by atoms with Crippen LogP contribution in [0.2, 0.25) is 0 Å². The molecule has 2 aromatic heterocycles. The van der Waals surface area contributed by atoms with Crippen LogP contribution >= 0.6 is 23.9 Å². The summed E-state index contributed by atoms with van der Waals surface area (Å²) in [5.74, 6) is 0.888. The summed E-state index contributed by atoms with van der Waals surface area (Å²) in [6.07, 6.45) is 7.77. The minimum atomic E-state index is -0.516. The van der Waals surface area contributed by atoms with E-state index in [0.717, 1.165) is 79.8 Å². The van der Waals surface area contributed by atoms with E-state index in [1.807, 2.05) is 25.1 Å². The van der Waals surface area contributed by atoms with Gasteiger partial charge in [0.1, 0.15) is 17.3 Å². The van der Waals surface area contributed by atoms with Crippen molar-refractivity contribution in [3.8, 4) is 5.75 Å². The quantitative estimate of drug-likeness (QED) is 0.203. The molecule has 0 unspecified atom stereocenters. The third-order valence-electron chi connectivity index (χ3n) is 9.04. The highest BCUT2D eigenvalue weighted by Gasteiger charge is 2.29. The summed E-state index contributed by atoms with van der Waals surface area (Å²) >= 11 is 3.59. The van der Waals surface area contributed by atoms with Crippen LogP contribution in [0.1, 0.15) is 25.3 Å². The summed E-state index contributed by atoms with van der Waals surface area (Å²) in [6.45, 7) is 12.6. The van der Waals surface area contributed by atoms with E-state index in [9.17, 15) is 0 Å². The first-order valence-corrected chi connectivity index (χ1v) is 18.8. The van der Waals surface area contributed by atoms with Gasteiger partial charge in [-0.1, -0.05) is 14.8 Å². The van der Waals surface area contributed by atoms with Crippen LogP contribution in [-0.4, -0.2) is 103 Å². The number of ether oxygens (including phenoxy) is 1. The van der Waals surface area contributed by atoms with Crippen LogP contribution in [0.25, 0.3) is 11.0 Å². The number of piperidine rings is 1. The fraction of sp³-hybridized carbons (Fsp3) is 0.455. The lowest BCUT2D eigenvalue weighted by Crippen LogP contribution is -2.52. The number of piperazine rings is 1. The lowest BCUT2D eigenvalue weighted by atomic mass is 9.99. The molecule has 0 bridgehead atoms. The van der Waals surface area contributed by atoms with Crippen molar-refractivity contribution >= 4 is 69.0 Å². The van der Waals surface area contributed by atoms with Gasteiger partial charge in [-0.2, -0.15) is 4.98 Å². The predicted molar refractivity (Wildman–Crippen MR) is 191 cm³/mol. The molecule has 2 fully saturated rings. The molecule has 2 aliphatic heterocycles. The van der Waals surface area contributed by atoms with Crippen LogP contribution < -0.4 is 25.6 Å². The molecular formula is C33H42BrFN9OP. The molecule has 244 valence electrons. The Balaban J connectivity index is 1.24. The molecule has 0 atom stereocenters. The van der Waals surface area contributed by atoms with Gasteiger partial charge in [-0.15, -0.1) is 0 Å². The average molecular weight is 711 g/mol. The third-order valence-corrected chi connectivity index (χ3v) is 11.0. The van der Waals surface area contributed by atoms with E-state index in [2.05, 4.69) is 76.6 Å². The molecule has 2 N–H and O–H groups in total. The van der Waals surface area contributed by atoms with E-state index in [4.69, 9.17) is 9.72 Å². The number of fused-ring (bicyclic) bond motifs is 1. The van der Waals surface area contributed by atoms with Crippen LogP contribution in [0.4, 0.5) is 33.2 Å². The Morgan fingerprint density at radius 1 is 1.02 bits per heavy atom. The van der Waals surface area contributed by atoms with Crippen molar-refractivity contribution in [2.45, 2.75) is 32.2 Å². The largest absolute Gasteiger partial charge is 0.494 e. The third kappa shape index (κ3) is 6.76. The number of halogens is 2. The van der Waals surface area contributed by atoms with Gasteiger partial charge < -0.3 is 25.2 Å². The van der Waals surface area contributed by atoms with Crippen molar-refractivity contribution in [3.05, 3.63) is 52.6 Å². The summed E-state index contributed by atoms with van der Waals surface area (Å²) in [4.78, 5) is 25.6. The molecule has 0 saturated carbocycles. The number of aromatic nitrogens is 4. The van der Waals surface area contributed by atoms with E-state index in [1.165, 1.54) is 0 Å². The van der Waals surface area contributed by atoms with E-state index in [-0.39, 0.29) is 17.5 Å². The van der Waals surface area contributed by atoms with Crippen molar-refractivity contribution in [2.75, 3.05) is 82.3 Å². The molecule has 2 saturated heterocycles. The highest BCUT2D eigenvalue weighted by molar-refractivity contribution is 9.10. The first-order valence-electron chi connectivity index (χ1n) is 15.8. The fourth-order valence-corrected chi connectivity index (χ4v) is 8.04. The highest BCUT2D eigenvalue weighted by atomic mass is 79.9. The Labute approximate surface area is 280 Å². The molecule has 4 heterocycles. The number of nitrogens with one attached hydrogen (secondary N) is 2. The second-order valence-electron chi connectivity index (χ2n) is 12.1. The molecule has 10 nitrogen and oxygen atoms in total. The second kappa shape index (κ2) is 14.3. The van der Waals surface area contributed by atoms with Crippen LogP contribution in [-0.2, 0) is 6.42 Å². The molecule has 0 radical (unpaired) electrons. The molecule has 46 heavy (non-hydrogen) atoms. The lowest BCUT2D eigenvalue weighted by molar-refractivity contribution is 0.0982. The Kier molecular flexibility index (Phi) is 10.2. The first-order chi connectivity index (χ1) is 22.3. The molecule has 0 spiro atoms. The monoisotopic (exact) mass is 709 g/mol. The molecule has 6 rings (SSSR count). The maximum Gasteiger partial charge on any atom is 0.229 e. The smallest absolute Gasteiger partial charge is 0.229 e. The predicted octanol–water partition coefficient (Wildman–Crippen LogP) is 5.96. The Bertz CT molecular complexity index is 1690. The van der Waals surface area contributed by atoms with E-state index >= 15 is 4.39 Å². The van der Waals surface area contributed by atoms with Gasteiger partial charge in [0.15, 0.2) is 5.82 Å². The minimum absolute atomic E-state index is 0.232. The number of hydrogen-bond donors (Lipinski definition) is 2. The molecule has 2 aromatic carbocycles. The van der Waals surface area contributed by atoms with Crippen molar-refractivity contribution < 1.29 is 9.13 Å². The molecular weight excluding hydrogens is 668 g/mol. The van der Waals surface area contributed by atoms with Gasteiger partial charge in [-0.3, -0.25) is 14.9 Å². The fourth-order valence-electron chi connectivity index (χ4n) is 6.54. The maximum atomic E-state index is 16.4. The standard InChI is InChI=1S/C33H42BrFN9OP/c1-6-22-26(44-13-9-21(10-14-44)43-17-15-42(2)16-18-43)19-27(45-3)30(28(22)35)40-33-38-20-23(34)32(41-33)39-25-8-7-24-29(31(25)46(4)5)37-12-11-36-24/h7-8,11-12,19-21H,6,9-10,13-18H2,1-5H3,(H2,38,39,40,41). The Morgan fingerprint density at radius 3 is 2.46 bits per heavy atom. The Morgan fingerprint density at radius 2 is 1.76 bits per heavy atom. The van der Waals surface area contributed by atoms with Gasteiger partial charge in [0, 0.05) is 92.2 Å². The zero-order chi connectivity index (χ0) is 32.4. The van der Waals surface area contributed by atoms with E-state index in [0.29, 0.717) is 34.1 Å². The van der Waals surface area contributed by atoms with Crippen molar-refractivity contribution in [1.82, 2.24) is 29.7 Å². The van der Waals surface area contributed by atoms with Crippen LogP contribution in [0.15, 0.2) is 41.3 Å². The number of nitrogens with zero attached hydrogens (tertiary/aromatic N) is 7. The Hall–Kier alpha value is -3.18. The zero-order valence-corrected chi connectivity index (χ0v) is 29.6. The van der Waals surface area contributed by atoms with Gasteiger partial charge in [0.25, 0.3) is 0 Å². The van der Waals surface area contributed by atoms with E-state index < -0.39 is 7.92 Å². The molecule has 13 heteroatoms. The number of rotatable bonds is 9. The van der Waals surface area contributed by atoms with Gasteiger partial charge in [-0.25, -0.2) is 9.37 Å². The summed E-state index contributed by atoms with van der Waals surface area (Å²) < 4.78 is 22.8. The average Bonchev–Trinajstić information content (AvgIpc) is 3.07. The topological polar surface area (TPSA) is 94.6 Å². The summed E-state index contributed by atoms with van der Waals surface area (Å²) in [6, 6.07) is 6.50. The van der Waals surface area contributed by atoms with Gasteiger partial charge in [-0.05, 0) is 67.7 Å². The van der Waals surface area contributed by atoms with Crippen LogP contribution in [0, 0.1) is 5.82 Å². The lowest BCUT2D eigenvalue weighted by Gasteiger charge is -2.43. The number of methoxy groups -OCH3 is 1. The molecule has 4 aromatic rings. The van der Waals surface area contributed by atoms with Crippen molar-refractivity contribution in [3.63, 3.8) is 0 Å². The SMILES string of the molecule is CCc1c(N2CCC(N3CCN(C)CC3)CC2)cc(OC)c(Nc2ncc(Br)c(Nc3ccc4nccnc4c3P(C)C)n2)c1F. The molecule has 2 aliphatic rings. The minimum Gasteiger partial charge on any atom is -0.494 e.